The maximum Gasteiger partial charge on any atom is 0.331 e. The van der Waals surface area contributed by atoms with E-state index >= 15 is 0 Å². The standard InChI is InChI=1S/C41H41N3O9/c1-5-50-39(47)26-24-37(42-52-28(3)45)30-12-18-34(19-13-30)44(36-22-16-33(17-23-36)41(49)32-10-8-7-9-11-32)35-20-14-31(15-21-35)38(43-53-29(4)46)25-27-40(48)51-6-2/h7-23H,5-6,24-27H2,1-4H3/b42-37+,43-38?. The highest BCUT2D eigenvalue weighted by Gasteiger charge is 2.18. The van der Waals surface area contributed by atoms with Gasteiger partial charge in [-0.15, -0.1) is 0 Å². The van der Waals surface area contributed by atoms with E-state index in [0.717, 1.165) is 17.1 Å². The van der Waals surface area contributed by atoms with Crippen LogP contribution in [0.15, 0.2) is 113 Å². The molecule has 0 radical (unpaired) electrons. The Morgan fingerprint density at radius 3 is 1.21 bits per heavy atom. The maximum atomic E-state index is 13.2. The Labute approximate surface area is 308 Å². The molecule has 0 aliphatic carbocycles. The van der Waals surface area contributed by atoms with Crippen molar-refractivity contribution >= 4 is 58.1 Å². The number of ether oxygens (including phenoxy) is 2. The van der Waals surface area contributed by atoms with Crippen molar-refractivity contribution in [2.75, 3.05) is 18.1 Å². The Balaban J connectivity index is 1.72. The summed E-state index contributed by atoms with van der Waals surface area (Å²) in [6.07, 6.45) is 0.456. The third kappa shape index (κ3) is 11.8. The molecule has 4 aromatic carbocycles. The lowest BCUT2D eigenvalue weighted by molar-refractivity contribution is -0.143. The molecule has 12 nitrogen and oxygen atoms in total. The van der Waals surface area contributed by atoms with E-state index in [1.165, 1.54) is 13.8 Å². The molecule has 12 heteroatoms. The van der Waals surface area contributed by atoms with Crippen molar-refractivity contribution in [1.82, 2.24) is 0 Å². The zero-order valence-electron chi connectivity index (χ0n) is 30.1. The van der Waals surface area contributed by atoms with Gasteiger partial charge in [-0.25, -0.2) is 9.59 Å². The zero-order valence-corrected chi connectivity index (χ0v) is 30.1. The predicted molar refractivity (Wildman–Crippen MR) is 199 cm³/mol. The van der Waals surface area contributed by atoms with E-state index in [0.29, 0.717) is 33.7 Å². The molecule has 0 N–H and O–H groups in total. The molecule has 0 aliphatic rings. The monoisotopic (exact) mass is 719 g/mol. The molecule has 53 heavy (non-hydrogen) atoms. The summed E-state index contributed by atoms with van der Waals surface area (Å²) >= 11 is 0. The van der Waals surface area contributed by atoms with Crippen LogP contribution in [0, 0.1) is 0 Å². The van der Waals surface area contributed by atoms with Gasteiger partial charge in [-0.2, -0.15) is 0 Å². The highest BCUT2D eigenvalue weighted by Crippen LogP contribution is 2.35. The number of hydrogen-bond donors (Lipinski definition) is 0. The van der Waals surface area contributed by atoms with Crippen molar-refractivity contribution in [1.29, 1.82) is 0 Å². The number of hydrogen-bond acceptors (Lipinski definition) is 12. The van der Waals surface area contributed by atoms with Crippen LogP contribution in [0.4, 0.5) is 17.1 Å². The first-order chi connectivity index (χ1) is 25.6. The van der Waals surface area contributed by atoms with Crippen molar-refractivity contribution in [3.8, 4) is 0 Å². The van der Waals surface area contributed by atoms with Gasteiger partial charge in [-0.1, -0.05) is 64.9 Å². The third-order valence-corrected chi connectivity index (χ3v) is 7.65. The number of nitrogens with zero attached hydrogens (tertiary/aromatic N) is 3. The Morgan fingerprint density at radius 1 is 0.491 bits per heavy atom. The number of carbonyl (C=O) groups is 5. The SMILES string of the molecule is CCOC(=O)CCC(=NOC(C)=O)c1ccc(N(c2ccc(C(=O)c3ccccc3)cc2)c2ccc(/C(CCC(=O)OCC)=N/OC(C)=O)cc2)cc1. The van der Waals surface area contributed by atoms with Crippen molar-refractivity contribution in [3.05, 3.63) is 125 Å². The largest absolute Gasteiger partial charge is 0.466 e. The van der Waals surface area contributed by atoms with E-state index in [1.807, 2.05) is 59.5 Å². The second-order valence-corrected chi connectivity index (χ2v) is 11.5. The van der Waals surface area contributed by atoms with Gasteiger partial charge in [0.2, 0.25) is 0 Å². The quantitative estimate of drug-likeness (QED) is 0.0351. The number of ketones is 1. The Hall–Kier alpha value is -6.43. The molecule has 0 aliphatic heterocycles. The number of oxime groups is 2. The van der Waals surface area contributed by atoms with Crippen LogP contribution in [0.25, 0.3) is 0 Å². The zero-order chi connectivity index (χ0) is 38.2. The molecule has 4 rings (SSSR count). The first kappa shape index (κ1) is 39.4. The first-order valence-electron chi connectivity index (χ1n) is 17.1. The molecule has 0 bridgehead atoms. The summed E-state index contributed by atoms with van der Waals surface area (Å²) in [5.41, 5.74) is 5.34. The van der Waals surface area contributed by atoms with Crippen LogP contribution in [0.1, 0.15) is 80.4 Å². The van der Waals surface area contributed by atoms with Crippen LogP contribution in [-0.2, 0) is 38.3 Å². The van der Waals surface area contributed by atoms with Gasteiger partial charge in [-0.3, -0.25) is 14.4 Å². The van der Waals surface area contributed by atoms with Gasteiger partial charge in [0.1, 0.15) is 0 Å². The fourth-order valence-electron chi connectivity index (χ4n) is 5.20. The smallest absolute Gasteiger partial charge is 0.331 e. The average Bonchev–Trinajstić information content (AvgIpc) is 3.16. The molecule has 4 aromatic rings. The molecule has 0 heterocycles. The predicted octanol–water partition coefficient (Wildman–Crippen LogP) is 7.61. The summed E-state index contributed by atoms with van der Waals surface area (Å²) < 4.78 is 10.1. The molecule has 0 saturated carbocycles. The lowest BCUT2D eigenvalue weighted by atomic mass is 10.0. The van der Waals surface area contributed by atoms with E-state index in [2.05, 4.69) is 10.3 Å². The van der Waals surface area contributed by atoms with E-state index in [1.54, 1.807) is 62.4 Å². The van der Waals surface area contributed by atoms with Crippen LogP contribution in [0.5, 0.6) is 0 Å². The molecule has 0 fully saturated rings. The molecule has 0 atom stereocenters. The van der Waals surface area contributed by atoms with Crippen LogP contribution in [-0.4, -0.2) is 54.3 Å². The minimum atomic E-state index is -0.596. The van der Waals surface area contributed by atoms with Gasteiger partial charge < -0.3 is 24.0 Å². The molecule has 274 valence electrons. The number of carbonyl (C=O) groups excluding carboxylic acids is 5. The van der Waals surface area contributed by atoms with E-state index in [4.69, 9.17) is 19.1 Å². The summed E-state index contributed by atoms with van der Waals surface area (Å²) in [4.78, 5) is 72.3. The van der Waals surface area contributed by atoms with Gasteiger partial charge >= 0.3 is 23.9 Å². The van der Waals surface area contributed by atoms with E-state index < -0.39 is 23.9 Å². The Kier molecular flexibility index (Phi) is 14.7. The summed E-state index contributed by atoms with van der Waals surface area (Å²) in [5.74, 6) is -2.10. The van der Waals surface area contributed by atoms with Gasteiger partial charge in [0, 0.05) is 54.9 Å². The van der Waals surface area contributed by atoms with Crippen molar-refractivity contribution in [3.63, 3.8) is 0 Å². The van der Waals surface area contributed by atoms with Gasteiger partial charge in [0.05, 0.1) is 37.5 Å². The van der Waals surface area contributed by atoms with Gasteiger partial charge in [0.15, 0.2) is 5.78 Å². The number of esters is 2. The third-order valence-electron chi connectivity index (χ3n) is 7.65. The molecule has 0 aromatic heterocycles. The van der Waals surface area contributed by atoms with E-state index in [9.17, 15) is 24.0 Å². The summed E-state index contributed by atoms with van der Waals surface area (Å²) in [5, 5.41) is 8.00. The Bertz CT molecular complexity index is 1840. The summed E-state index contributed by atoms with van der Waals surface area (Å²) in [6.45, 7) is 6.42. The molecular weight excluding hydrogens is 678 g/mol. The van der Waals surface area contributed by atoms with Gasteiger partial charge in [-0.05, 0) is 73.5 Å². The lowest BCUT2D eigenvalue weighted by Crippen LogP contribution is -2.13. The second kappa shape index (κ2) is 19.8. The van der Waals surface area contributed by atoms with Crippen molar-refractivity contribution in [2.45, 2.75) is 53.4 Å². The summed E-state index contributed by atoms with van der Waals surface area (Å²) in [6, 6.07) is 30.9. The molecular formula is C41H41N3O9. The van der Waals surface area contributed by atoms with Crippen LogP contribution < -0.4 is 4.90 Å². The summed E-state index contributed by atoms with van der Waals surface area (Å²) in [7, 11) is 0. The lowest BCUT2D eigenvalue weighted by Gasteiger charge is -2.26. The highest BCUT2D eigenvalue weighted by molar-refractivity contribution is 6.09. The van der Waals surface area contributed by atoms with E-state index in [-0.39, 0.29) is 44.7 Å². The molecule has 0 spiro atoms. The normalized spacial score (nSPS) is 11.3. The molecule has 0 amide bonds. The average molecular weight is 720 g/mol. The minimum absolute atomic E-state index is 0.0464. The molecule has 0 saturated heterocycles. The number of rotatable bonds is 17. The fraction of sp³-hybridized carbons (Fsp3) is 0.244. The number of anilines is 3. The van der Waals surface area contributed by atoms with Crippen LogP contribution in [0.2, 0.25) is 0 Å². The Morgan fingerprint density at radius 2 is 0.849 bits per heavy atom. The molecule has 0 unspecified atom stereocenters. The van der Waals surface area contributed by atoms with Gasteiger partial charge in [0.25, 0.3) is 0 Å². The second-order valence-electron chi connectivity index (χ2n) is 11.5. The first-order valence-corrected chi connectivity index (χ1v) is 17.1. The van der Waals surface area contributed by atoms with Crippen LogP contribution >= 0.6 is 0 Å². The van der Waals surface area contributed by atoms with Crippen molar-refractivity contribution < 1.29 is 43.1 Å². The minimum Gasteiger partial charge on any atom is -0.466 e. The van der Waals surface area contributed by atoms with Crippen molar-refractivity contribution in [2.24, 2.45) is 10.3 Å². The highest BCUT2D eigenvalue weighted by atomic mass is 16.7. The maximum absolute atomic E-state index is 13.2. The fourth-order valence-corrected chi connectivity index (χ4v) is 5.20. The number of benzene rings is 4. The van der Waals surface area contributed by atoms with Crippen LogP contribution in [0.3, 0.4) is 0 Å². The topological polar surface area (TPSA) is 150 Å².